The Bertz CT molecular complexity index is 1680. The molecule has 0 bridgehead atoms. The number of nitrogens with two attached hydrogens (primary N) is 1. The largest absolute Gasteiger partial charge is 0.460 e. The van der Waals surface area contributed by atoms with Gasteiger partial charge in [0, 0.05) is 11.6 Å². The van der Waals surface area contributed by atoms with Gasteiger partial charge in [0.1, 0.15) is 42.5 Å². The van der Waals surface area contributed by atoms with Gasteiger partial charge < -0.3 is 29.9 Å². The van der Waals surface area contributed by atoms with E-state index in [-0.39, 0.29) is 18.2 Å². The number of ether oxygens (including phenoxy) is 2. The van der Waals surface area contributed by atoms with Gasteiger partial charge in [0.05, 0.1) is 6.61 Å². The molecule has 13 nitrogen and oxygen atoms in total. The number of anilines is 1. The molecular weight excluding hydrogens is 579 g/mol. The van der Waals surface area contributed by atoms with Crippen molar-refractivity contribution in [3.8, 4) is 5.75 Å². The molecule has 0 saturated carbocycles. The first-order chi connectivity index (χ1) is 20.6. The lowest BCUT2D eigenvalue weighted by Crippen LogP contribution is -2.37. The van der Waals surface area contributed by atoms with Gasteiger partial charge in [0.25, 0.3) is 0 Å². The molecule has 1 aliphatic rings. The van der Waals surface area contributed by atoms with Crippen LogP contribution in [-0.4, -0.2) is 56.7 Å². The number of rotatable bonds is 11. The highest BCUT2D eigenvalue weighted by atomic mass is 31.2. The van der Waals surface area contributed by atoms with Crippen molar-refractivity contribution >= 4 is 30.3 Å². The van der Waals surface area contributed by atoms with Crippen LogP contribution < -0.4 is 21.0 Å². The van der Waals surface area contributed by atoms with E-state index in [4.69, 9.17) is 24.3 Å². The summed E-state index contributed by atoms with van der Waals surface area (Å²) in [7, 11) is -4.38. The summed E-state index contributed by atoms with van der Waals surface area (Å²) in [6, 6.07) is 21.7. The SMILES string of the molecule is C[C@H](NP(=O)(OC[C@H]1OC(n2ccc(N)nc2=O)[C@H](O)[C@@H]1O)Oc1cccc2ccccc12)C(=O)OCc1ccccc1. The molecule has 1 aliphatic heterocycles. The molecule has 1 saturated heterocycles. The Labute approximate surface area is 246 Å². The number of aromatic nitrogens is 2. The summed E-state index contributed by atoms with van der Waals surface area (Å²) in [6.45, 7) is 0.894. The minimum absolute atomic E-state index is 0.00176. The second-order valence-corrected chi connectivity index (χ2v) is 11.6. The average Bonchev–Trinajstić information content (AvgIpc) is 3.28. The number of benzene rings is 3. The van der Waals surface area contributed by atoms with E-state index < -0.39 is 56.6 Å². The van der Waals surface area contributed by atoms with Crippen LogP contribution in [-0.2, 0) is 30.0 Å². The fourth-order valence-corrected chi connectivity index (χ4v) is 6.05. The van der Waals surface area contributed by atoms with Gasteiger partial charge in [-0.2, -0.15) is 10.1 Å². The Kier molecular flexibility index (Phi) is 9.21. The van der Waals surface area contributed by atoms with E-state index in [2.05, 4.69) is 10.1 Å². The summed E-state index contributed by atoms with van der Waals surface area (Å²) < 4.78 is 37.8. The van der Waals surface area contributed by atoms with Gasteiger partial charge in [0.2, 0.25) is 0 Å². The third-order valence-electron chi connectivity index (χ3n) is 6.77. The molecule has 6 atom stereocenters. The molecule has 2 heterocycles. The van der Waals surface area contributed by atoms with Gasteiger partial charge in [-0.15, -0.1) is 0 Å². The molecule has 43 heavy (non-hydrogen) atoms. The van der Waals surface area contributed by atoms with Crippen molar-refractivity contribution in [3.63, 3.8) is 0 Å². The third-order valence-corrected chi connectivity index (χ3v) is 8.40. The second-order valence-electron chi connectivity index (χ2n) is 9.89. The van der Waals surface area contributed by atoms with Gasteiger partial charge in [-0.05, 0) is 30.0 Å². The molecule has 5 rings (SSSR count). The average molecular weight is 611 g/mol. The first kappa shape index (κ1) is 30.4. The zero-order valence-electron chi connectivity index (χ0n) is 23.1. The number of carbonyl (C=O) groups is 1. The van der Waals surface area contributed by atoms with Gasteiger partial charge in [-0.25, -0.2) is 9.36 Å². The van der Waals surface area contributed by atoms with E-state index in [0.29, 0.717) is 5.39 Å². The summed E-state index contributed by atoms with van der Waals surface area (Å²) in [6.07, 6.45) is -4.37. The molecule has 5 N–H and O–H groups in total. The van der Waals surface area contributed by atoms with E-state index in [1.807, 2.05) is 36.4 Å². The number of hydrogen-bond acceptors (Lipinski definition) is 11. The molecular formula is C29H31N4O9P. The van der Waals surface area contributed by atoms with Crippen molar-refractivity contribution in [2.45, 2.75) is 44.1 Å². The van der Waals surface area contributed by atoms with E-state index in [1.165, 1.54) is 19.2 Å². The Morgan fingerprint density at radius 1 is 1.07 bits per heavy atom. The van der Waals surface area contributed by atoms with Gasteiger partial charge in [-0.3, -0.25) is 13.9 Å². The molecule has 0 amide bonds. The number of nitrogens with zero attached hydrogens (tertiary/aromatic N) is 2. The maximum Gasteiger partial charge on any atom is 0.459 e. The number of aliphatic hydroxyl groups excluding tert-OH is 2. The Morgan fingerprint density at radius 2 is 1.79 bits per heavy atom. The molecule has 1 aromatic heterocycles. The van der Waals surface area contributed by atoms with E-state index in [9.17, 15) is 24.4 Å². The van der Waals surface area contributed by atoms with Crippen LogP contribution in [0.1, 0.15) is 18.7 Å². The van der Waals surface area contributed by atoms with Crippen molar-refractivity contribution in [2.24, 2.45) is 0 Å². The number of aliphatic hydroxyl groups is 2. The number of nitrogen functional groups attached to an aromatic ring is 1. The molecule has 0 radical (unpaired) electrons. The van der Waals surface area contributed by atoms with E-state index in [1.54, 1.807) is 36.4 Å². The quantitative estimate of drug-likeness (QED) is 0.144. The standard InChI is InChI=1S/C29H31N4O9P/c1-18(28(36)39-16-19-8-3-2-4-9-19)32-43(38,42-22-13-7-11-20-10-5-6-12-21(20)22)40-17-23-25(34)26(35)27(41-23)33-15-14-24(30)31-29(33)37/h2-15,18,23,25-27,34-35H,16-17H2,1H3,(H,32,38)(H2,30,31,37)/t18-,23+,25+,26+,27?,43?/m0/s1. The smallest absolute Gasteiger partial charge is 0.459 e. The lowest BCUT2D eigenvalue weighted by molar-refractivity contribution is -0.146. The Morgan fingerprint density at radius 3 is 2.56 bits per heavy atom. The topological polar surface area (TPSA) is 184 Å². The van der Waals surface area contributed by atoms with Gasteiger partial charge >= 0.3 is 19.4 Å². The van der Waals surface area contributed by atoms with Crippen LogP contribution in [0.25, 0.3) is 10.8 Å². The van der Waals surface area contributed by atoms with Crippen molar-refractivity contribution in [3.05, 3.63) is 101 Å². The Hall–Kier alpha value is -4.10. The van der Waals surface area contributed by atoms with Crippen molar-refractivity contribution < 1.29 is 38.1 Å². The maximum absolute atomic E-state index is 14.2. The molecule has 226 valence electrons. The highest BCUT2D eigenvalue weighted by molar-refractivity contribution is 7.52. The fraction of sp³-hybridized carbons (Fsp3) is 0.276. The van der Waals surface area contributed by atoms with Crippen molar-refractivity contribution in [2.75, 3.05) is 12.3 Å². The van der Waals surface area contributed by atoms with Crippen LogP contribution in [0.5, 0.6) is 5.75 Å². The first-order valence-electron chi connectivity index (χ1n) is 13.4. The maximum atomic E-state index is 14.2. The predicted octanol–water partition coefficient (Wildman–Crippen LogP) is 2.52. The van der Waals surface area contributed by atoms with Crippen LogP contribution >= 0.6 is 7.75 Å². The lowest BCUT2D eigenvalue weighted by atomic mass is 10.1. The summed E-state index contributed by atoms with van der Waals surface area (Å²) in [5.41, 5.74) is 5.51. The summed E-state index contributed by atoms with van der Waals surface area (Å²) in [5, 5.41) is 25.3. The van der Waals surface area contributed by atoms with Crippen LogP contribution in [0.3, 0.4) is 0 Å². The van der Waals surface area contributed by atoms with Crippen LogP contribution in [0.4, 0.5) is 5.82 Å². The highest BCUT2D eigenvalue weighted by Gasteiger charge is 2.46. The van der Waals surface area contributed by atoms with Crippen LogP contribution in [0.15, 0.2) is 89.9 Å². The number of carbonyl (C=O) groups excluding carboxylic acids is 1. The van der Waals surface area contributed by atoms with Crippen molar-refractivity contribution in [1.82, 2.24) is 14.6 Å². The number of fused-ring (bicyclic) bond motifs is 1. The molecule has 0 spiro atoms. The number of esters is 1. The zero-order chi connectivity index (χ0) is 30.6. The molecule has 0 aliphatic carbocycles. The Balaban J connectivity index is 1.34. The fourth-order valence-electron chi connectivity index (χ4n) is 4.53. The highest BCUT2D eigenvalue weighted by Crippen LogP contribution is 2.47. The minimum atomic E-state index is -4.38. The zero-order valence-corrected chi connectivity index (χ0v) is 23.9. The molecule has 4 aromatic rings. The second kappa shape index (κ2) is 13.0. The molecule has 14 heteroatoms. The summed E-state index contributed by atoms with van der Waals surface area (Å²) >= 11 is 0. The third kappa shape index (κ3) is 7.11. The molecule has 2 unspecified atom stereocenters. The van der Waals surface area contributed by atoms with E-state index in [0.717, 1.165) is 15.5 Å². The van der Waals surface area contributed by atoms with Gasteiger partial charge in [-0.1, -0.05) is 66.7 Å². The van der Waals surface area contributed by atoms with Crippen LogP contribution in [0.2, 0.25) is 0 Å². The molecule has 1 fully saturated rings. The van der Waals surface area contributed by atoms with E-state index >= 15 is 0 Å². The lowest BCUT2D eigenvalue weighted by Gasteiger charge is -2.25. The normalized spacial score (nSPS) is 22.1. The summed E-state index contributed by atoms with van der Waals surface area (Å²) in [5.74, 6) is -0.524. The summed E-state index contributed by atoms with van der Waals surface area (Å²) in [4.78, 5) is 28.7. The monoisotopic (exact) mass is 610 g/mol. The van der Waals surface area contributed by atoms with Gasteiger partial charge in [0.15, 0.2) is 6.23 Å². The number of nitrogens with one attached hydrogen (secondary N) is 1. The predicted molar refractivity (Wildman–Crippen MR) is 156 cm³/mol. The van der Waals surface area contributed by atoms with Crippen LogP contribution in [0, 0.1) is 0 Å². The van der Waals surface area contributed by atoms with Crippen molar-refractivity contribution in [1.29, 1.82) is 0 Å². The number of hydrogen-bond donors (Lipinski definition) is 4. The minimum Gasteiger partial charge on any atom is -0.460 e. The first-order valence-corrected chi connectivity index (χ1v) is 14.9. The molecule has 3 aromatic carbocycles.